The molecular weight excluding hydrogens is 492 g/mol. The third-order valence-corrected chi connectivity index (χ3v) is 10.0. The van der Waals surface area contributed by atoms with E-state index in [4.69, 9.17) is 0 Å². The summed E-state index contributed by atoms with van der Waals surface area (Å²) >= 11 is 0. The smallest absolute Gasteiger partial charge is 0.163 e. The second-order valence-electron chi connectivity index (χ2n) is 13.5. The Labute approximate surface area is 243 Å². The summed E-state index contributed by atoms with van der Waals surface area (Å²) in [5, 5.41) is 0. The van der Waals surface area contributed by atoms with Gasteiger partial charge in [-0.05, 0) is 97.5 Å². The summed E-state index contributed by atoms with van der Waals surface area (Å²) in [4.78, 5) is 38.5. The van der Waals surface area contributed by atoms with Gasteiger partial charge in [0.2, 0.25) is 0 Å². The molecular formula is C37H52O3. The predicted molar refractivity (Wildman–Crippen MR) is 166 cm³/mol. The Kier molecular flexibility index (Phi) is 10.4. The van der Waals surface area contributed by atoms with E-state index < -0.39 is 0 Å². The van der Waals surface area contributed by atoms with Crippen molar-refractivity contribution in [3.63, 3.8) is 0 Å². The van der Waals surface area contributed by atoms with Crippen LogP contribution in [0.1, 0.15) is 150 Å². The maximum Gasteiger partial charge on any atom is 0.163 e. The van der Waals surface area contributed by atoms with Crippen molar-refractivity contribution in [3.05, 3.63) is 51.6 Å². The molecule has 4 rings (SSSR count). The molecule has 0 bridgehead atoms. The monoisotopic (exact) mass is 544 g/mol. The highest BCUT2D eigenvalue weighted by atomic mass is 16.1. The van der Waals surface area contributed by atoms with Gasteiger partial charge in [-0.1, -0.05) is 90.0 Å². The maximum absolute atomic E-state index is 13.9. The minimum absolute atomic E-state index is 0.0394. The largest absolute Gasteiger partial charge is 0.300 e. The molecule has 3 atom stereocenters. The molecule has 0 amide bonds. The van der Waals surface area contributed by atoms with Gasteiger partial charge in [-0.2, -0.15) is 0 Å². The Balaban J connectivity index is 1.57. The van der Waals surface area contributed by atoms with Crippen molar-refractivity contribution in [2.45, 2.75) is 131 Å². The number of hydrogen-bond donors (Lipinski definition) is 0. The van der Waals surface area contributed by atoms with Crippen molar-refractivity contribution < 1.29 is 14.4 Å². The summed E-state index contributed by atoms with van der Waals surface area (Å²) in [6, 6.07) is 2.40. The zero-order valence-electron chi connectivity index (χ0n) is 26.0. The number of rotatable bonds is 13. The van der Waals surface area contributed by atoms with E-state index in [9.17, 15) is 14.4 Å². The molecule has 0 heterocycles. The molecule has 218 valence electrons. The molecule has 3 aliphatic carbocycles. The lowest BCUT2D eigenvalue weighted by atomic mass is 9.70. The zero-order valence-corrected chi connectivity index (χ0v) is 26.0. The molecule has 0 spiro atoms. The predicted octanol–water partition coefficient (Wildman–Crippen LogP) is 9.54. The van der Waals surface area contributed by atoms with Crippen LogP contribution in [0.25, 0.3) is 5.57 Å². The Morgan fingerprint density at radius 2 is 1.75 bits per heavy atom. The molecule has 0 N–H and O–H groups in total. The van der Waals surface area contributed by atoms with Crippen LogP contribution >= 0.6 is 0 Å². The van der Waals surface area contributed by atoms with E-state index in [-0.39, 0.29) is 41.5 Å². The van der Waals surface area contributed by atoms with Gasteiger partial charge < -0.3 is 0 Å². The fourth-order valence-electron chi connectivity index (χ4n) is 8.17. The lowest BCUT2D eigenvalue weighted by Gasteiger charge is -2.33. The average Bonchev–Trinajstić information content (AvgIpc) is 3.56. The molecule has 0 saturated heterocycles. The van der Waals surface area contributed by atoms with Gasteiger partial charge in [0.1, 0.15) is 11.6 Å². The standard InChI is InChI=1S/C37H52O3/c1-7-11-29(31(8-2)35(39)16-24(5)38)19-28-20-34-32(23(3)4)22-33(25(6)37(34)36(40)21-28)30-15-14-27(18-30)17-26-12-9-10-13-26/h14-15,22-23,26,28-29,31H,7-13,16-21H2,1-6H3. The van der Waals surface area contributed by atoms with Crippen molar-refractivity contribution in [2.24, 2.45) is 23.7 Å². The number of hydrogen-bond acceptors (Lipinski definition) is 3. The summed E-state index contributed by atoms with van der Waals surface area (Å²) in [5.41, 5.74) is 8.94. The van der Waals surface area contributed by atoms with Crippen LogP contribution in [-0.2, 0) is 16.0 Å². The number of allylic oxidation sites excluding steroid dienone is 4. The quantitative estimate of drug-likeness (QED) is 0.232. The number of fused-ring (bicyclic) bond motifs is 1. The van der Waals surface area contributed by atoms with E-state index in [0.717, 1.165) is 55.6 Å². The van der Waals surface area contributed by atoms with Gasteiger partial charge in [-0.3, -0.25) is 14.4 Å². The fourth-order valence-corrected chi connectivity index (χ4v) is 8.17. The van der Waals surface area contributed by atoms with Crippen LogP contribution in [-0.4, -0.2) is 17.3 Å². The van der Waals surface area contributed by atoms with Crippen molar-refractivity contribution in [1.29, 1.82) is 0 Å². The van der Waals surface area contributed by atoms with Gasteiger partial charge in [-0.25, -0.2) is 0 Å². The first kappa shape index (κ1) is 30.7. The Bertz CT molecular complexity index is 1170. The molecule has 1 aromatic carbocycles. The lowest BCUT2D eigenvalue weighted by Crippen LogP contribution is -2.30. The number of benzene rings is 1. The lowest BCUT2D eigenvalue weighted by molar-refractivity contribution is -0.129. The van der Waals surface area contributed by atoms with Crippen LogP contribution < -0.4 is 0 Å². The van der Waals surface area contributed by atoms with Crippen LogP contribution in [0.4, 0.5) is 0 Å². The molecule has 40 heavy (non-hydrogen) atoms. The number of carbonyl (C=O) groups excluding carboxylic acids is 3. The summed E-state index contributed by atoms with van der Waals surface area (Å²) in [5.74, 6) is 1.92. The Morgan fingerprint density at radius 3 is 2.38 bits per heavy atom. The highest BCUT2D eigenvalue weighted by molar-refractivity contribution is 6.02. The van der Waals surface area contributed by atoms with Crippen molar-refractivity contribution in [2.75, 3.05) is 0 Å². The first-order valence-corrected chi connectivity index (χ1v) is 16.2. The molecule has 3 nitrogen and oxygen atoms in total. The zero-order chi connectivity index (χ0) is 29.0. The number of Topliss-reactive ketones (excluding diaryl/α,β-unsaturated/α-hetero) is 3. The number of carbonyl (C=O) groups is 3. The van der Waals surface area contributed by atoms with Gasteiger partial charge in [0.15, 0.2) is 5.78 Å². The molecule has 0 aromatic heterocycles. The SMILES string of the molecule is CCCC(CC1CC(=O)c2c(C)c(C3=CC=C(CC4CCCC4)C3)cc(C(C)C)c2C1)C(CC)C(=O)CC(C)=O. The summed E-state index contributed by atoms with van der Waals surface area (Å²) < 4.78 is 0. The minimum Gasteiger partial charge on any atom is -0.300 e. The van der Waals surface area contributed by atoms with Gasteiger partial charge in [-0.15, -0.1) is 0 Å². The van der Waals surface area contributed by atoms with E-state index in [0.29, 0.717) is 12.3 Å². The summed E-state index contributed by atoms with van der Waals surface area (Å²) in [6.07, 6.45) is 17.6. The van der Waals surface area contributed by atoms with Crippen LogP contribution in [0.15, 0.2) is 23.8 Å². The third kappa shape index (κ3) is 6.94. The molecule has 1 aromatic rings. The van der Waals surface area contributed by atoms with Crippen LogP contribution in [0.5, 0.6) is 0 Å². The molecule has 0 aliphatic heterocycles. The molecule has 3 unspecified atom stereocenters. The topological polar surface area (TPSA) is 51.2 Å². The second-order valence-corrected chi connectivity index (χ2v) is 13.5. The normalized spacial score (nSPS) is 20.9. The van der Waals surface area contributed by atoms with E-state index >= 15 is 0 Å². The van der Waals surface area contributed by atoms with E-state index in [1.54, 1.807) is 5.57 Å². The van der Waals surface area contributed by atoms with Crippen molar-refractivity contribution in [3.8, 4) is 0 Å². The van der Waals surface area contributed by atoms with Crippen LogP contribution in [0, 0.1) is 30.6 Å². The molecule has 3 heteroatoms. The Hall–Kier alpha value is -2.29. The highest BCUT2D eigenvalue weighted by Gasteiger charge is 2.35. The molecule has 3 aliphatic rings. The average molecular weight is 545 g/mol. The summed E-state index contributed by atoms with van der Waals surface area (Å²) in [6.45, 7) is 12.4. The first-order chi connectivity index (χ1) is 19.1. The van der Waals surface area contributed by atoms with Gasteiger partial charge >= 0.3 is 0 Å². The van der Waals surface area contributed by atoms with E-state index in [1.165, 1.54) is 61.3 Å². The minimum atomic E-state index is -0.0886. The molecule has 1 saturated carbocycles. The van der Waals surface area contributed by atoms with Crippen molar-refractivity contribution in [1.82, 2.24) is 0 Å². The van der Waals surface area contributed by atoms with E-state index in [1.807, 2.05) is 0 Å². The Morgan fingerprint density at radius 1 is 1.02 bits per heavy atom. The van der Waals surface area contributed by atoms with Gasteiger partial charge in [0, 0.05) is 17.9 Å². The van der Waals surface area contributed by atoms with Gasteiger partial charge in [0.05, 0.1) is 6.42 Å². The van der Waals surface area contributed by atoms with Crippen LogP contribution in [0.2, 0.25) is 0 Å². The third-order valence-electron chi connectivity index (χ3n) is 10.0. The van der Waals surface area contributed by atoms with Crippen LogP contribution in [0.3, 0.4) is 0 Å². The number of ketones is 3. The molecule has 1 fully saturated rings. The fraction of sp³-hybridized carbons (Fsp3) is 0.649. The maximum atomic E-state index is 13.9. The second kappa shape index (κ2) is 13.6. The molecule has 0 radical (unpaired) electrons. The van der Waals surface area contributed by atoms with Crippen molar-refractivity contribution >= 4 is 22.9 Å². The van der Waals surface area contributed by atoms with E-state index in [2.05, 4.69) is 52.8 Å². The summed E-state index contributed by atoms with van der Waals surface area (Å²) in [7, 11) is 0. The van der Waals surface area contributed by atoms with Gasteiger partial charge in [0.25, 0.3) is 0 Å². The first-order valence-electron chi connectivity index (χ1n) is 16.2. The highest BCUT2D eigenvalue weighted by Crippen LogP contribution is 2.43.